The molecular weight excluding hydrogens is 405 g/mol. The first-order valence-corrected chi connectivity index (χ1v) is 9.96. The topological polar surface area (TPSA) is 80.1 Å². The lowest BCUT2D eigenvalue weighted by Gasteiger charge is -2.28. The second-order valence-corrected chi connectivity index (χ2v) is 7.53. The lowest BCUT2D eigenvalue weighted by atomic mass is 10.2. The number of halogens is 1. The van der Waals surface area contributed by atoms with Crippen molar-refractivity contribution in [1.29, 1.82) is 0 Å². The van der Waals surface area contributed by atoms with Gasteiger partial charge in [-0.2, -0.15) is 0 Å². The molecule has 2 aromatic heterocycles. The minimum Gasteiger partial charge on any atom is -0.323 e. The SMILES string of the molecule is O=C1CN(C(=O)c2nc(-c3cccs3)n(-c3ccc(F)cc3)n2)c2ccccc2N1. The monoisotopic (exact) mass is 419 g/mol. The Morgan fingerprint density at radius 1 is 1.07 bits per heavy atom. The number of nitrogens with zero attached hydrogens (tertiary/aromatic N) is 4. The van der Waals surface area contributed by atoms with Crippen LogP contribution in [0.4, 0.5) is 15.8 Å². The maximum atomic E-state index is 13.4. The molecule has 7 nitrogen and oxygen atoms in total. The number of fused-ring (bicyclic) bond motifs is 1. The van der Waals surface area contributed by atoms with Gasteiger partial charge in [0.2, 0.25) is 11.7 Å². The predicted molar refractivity (Wildman–Crippen MR) is 111 cm³/mol. The molecule has 2 aromatic carbocycles. The van der Waals surface area contributed by atoms with E-state index < -0.39 is 5.91 Å². The number of amides is 2. The van der Waals surface area contributed by atoms with E-state index in [2.05, 4.69) is 15.4 Å². The van der Waals surface area contributed by atoms with Crippen LogP contribution in [0.15, 0.2) is 66.0 Å². The van der Waals surface area contributed by atoms with Gasteiger partial charge in [-0.3, -0.25) is 14.5 Å². The molecule has 0 atom stereocenters. The minimum absolute atomic E-state index is 0.0489. The Kier molecular flexibility index (Phi) is 4.36. The van der Waals surface area contributed by atoms with Crippen molar-refractivity contribution in [2.45, 2.75) is 0 Å². The van der Waals surface area contributed by atoms with Gasteiger partial charge in [0.25, 0.3) is 5.91 Å². The van der Waals surface area contributed by atoms with Crippen LogP contribution in [0.2, 0.25) is 0 Å². The summed E-state index contributed by atoms with van der Waals surface area (Å²) in [6.45, 7) is -0.130. The summed E-state index contributed by atoms with van der Waals surface area (Å²) < 4.78 is 14.9. The number of aromatic nitrogens is 3. The van der Waals surface area contributed by atoms with E-state index in [9.17, 15) is 14.0 Å². The van der Waals surface area contributed by atoms with Crippen LogP contribution >= 0.6 is 11.3 Å². The molecule has 0 radical (unpaired) electrons. The minimum atomic E-state index is -0.490. The van der Waals surface area contributed by atoms with Gasteiger partial charge in [-0.15, -0.1) is 16.4 Å². The van der Waals surface area contributed by atoms with Gasteiger partial charge >= 0.3 is 0 Å². The molecule has 30 heavy (non-hydrogen) atoms. The van der Waals surface area contributed by atoms with E-state index in [1.54, 1.807) is 36.4 Å². The fraction of sp³-hybridized carbons (Fsp3) is 0.0476. The maximum Gasteiger partial charge on any atom is 0.298 e. The summed E-state index contributed by atoms with van der Waals surface area (Å²) in [5, 5.41) is 9.05. The molecule has 1 aliphatic rings. The van der Waals surface area contributed by atoms with Crippen LogP contribution in [0.3, 0.4) is 0 Å². The fourth-order valence-electron chi connectivity index (χ4n) is 3.27. The first-order chi connectivity index (χ1) is 14.6. The lowest BCUT2D eigenvalue weighted by Crippen LogP contribution is -2.42. The average Bonchev–Trinajstić information content (AvgIpc) is 3.43. The Balaban J connectivity index is 1.60. The number of carbonyl (C=O) groups excluding carboxylic acids is 2. The van der Waals surface area contributed by atoms with E-state index in [0.29, 0.717) is 22.9 Å². The van der Waals surface area contributed by atoms with Gasteiger partial charge in [0.15, 0.2) is 5.82 Å². The number of para-hydroxylation sites is 2. The summed E-state index contributed by atoms with van der Waals surface area (Å²) in [5.41, 5.74) is 1.71. The van der Waals surface area contributed by atoms with E-state index in [1.807, 2.05) is 17.5 Å². The van der Waals surface area contributed by atoms with Crippen LogP contribution in [0.25, 0.3) is 16.4 Å². The molecule has 3 heterocycles. The zero-order chi connectivity index (χ0) is 20.7. The molecule has 0 bridgehead atoms. The van der Waals surface area contributed by atoms with E-state index in [-0.39, 0.29) is 24.1 Å². The van der Waals surface area contributed by atoms with Crippen molar-refractivity contribution >= 4 is 34.5 Å². The summed E-state index contributed by atoms with van der Waals surface area (Å²) in [6, 6.07) is 16.6. The molecule has 0 fully saturated rings. The van der Waals surface area contributed by atoms with Crippen LogP contribution in [0.5, 0.6) is 0 Å². The third kappa shape index (κ3) is 3.15. The smallest absolute Gasteiger partial charge is 0.298 e. The first-order valence-electron chi connectivity index (χ1n) is 9.08. The highest BCUT2D eigenvalue weighted by Gasteiger charge is 2.31. The third-order valence-corrected chi connectivity index (χ3v) is 5.49. The van der Waals surface area contributed by atoms with Crippen molar-refractivity contribution in [3.63, 3.8) is 0 Å². The standard InChI is InChI=1S/C21H14FN5O2S/c22-13-7-9-14(10-8-13)27-20(17-6-3-11-30-17)24-19(25-27)21(29)26-12-18(28)23-15-4-1-2-5-16(15)26/h1-11H,12H2,(H,23,28). The van der Waals surface area contributed by atoms with E-state index in [0.717, 1.165) is 4.88 Å². The van der Waals surface area contributed by atoms with Crippen LogP contribution in [0, 0.1) is 5.82 Å². The van der Waals surface area contributed by atoms with Crippen molar-refractivity contribution < 1.29 is 14.0 Å². The highest BCUT2D eigenvalue weighted by atomic mass is 32.1. The van der Waals surface area contributed by atoms with Crippen molar-refractivity contribution in [3.8, 4) is 16.4 Å². The van der Waals surface area contributed by atoms with Gasteiger partial charge in [-0.25, -0.2) is 14.1 Å². The molecule has 2 amide bonds. The molecule has 0 spiro atoms. The second-order valence-electron chi connectivity index (χ2n) is 6.58. The number of carbonyl (C=O) groups is 2. The molecular formula is C21H14FN5O2S. The summed E-state index contributed by atoms with van der Waals surface area (Å²) >= 11 is 1.45. The number of hydrogen-bond acceptors (Lipinski definition) is 5. The van der Waals surface area contributed by atoms with Crippen LogP contribution in [-0.4, -0.2) is 33.1 Å². The van der Waals surface area contributed by atoms with Crippen LogP contribution < -0.4 is 10.2 Å². The molecule has 0 unspecified atom stereocenters. The van der Waals surface area contributed by atoms with Crippen molar-refractivity contribution in [2.24, 2.45) is 0 Å². The Bertz CT molecular complexity index is 1250. The van der Waals surface area contributed by atoms with Gasteiger partial charge in [-0.05, 0) is 47.8 Å². The number of anilines is 2. The van der Waals surface area contributed by atoms with Gasteiger partial charge in [-0.1, -0.05) is 18.2 Å². The summed E-state index contributed by atoms with van der Waals surface area (Å²) in [4.78, 5) is 32.0. The molecule has 0 saturated carbocycles. The predicted octanol–water partition coefficient (Wildman–Crippen LogP) is 3.73. The zero-order valence-electron chi connectivity index (χ0n) is 15.4. The Morgan fingerprint density at radius 3 is 2.63 bits per heavy atom. The first kappa shape index (κ1) is 18.2. The molecule has 0 aliphatic carbocycles. The summed E-state index contributed by atoms with van der Waals surface area (Å²) in [6.07, 6.45) is 0. The highest BCUT2D eigenvalue weighted by Crippen LogP contribution is 2.31. The van der Waals surface area contributed by atoms with Crippen molar-refractivity contribution in [1.82, 2.24) is 14.8 Å². The number of benzene rings is 2. The molecule has 1 N–H and O–H groups in total. The number of rotatable bonds is 3. The highest BCUT2D eigenvalue weighted by molar-refractivity contribution is 7.13. The van der Waals surface area contributed by atoms with Gasteiger partial charge < -0.3 is 5.32 Å². The normalized spacial score (nSPS) is 13.1. The molecule has 5 rings (SSSR count). The summed E-state index contributed by atoms with van der Waals surface area (Å²) in [5.74, 6) is -0.736. The number of nitrogens with one attached hydrogen (secondary N) is 1. The lowest BCUT2D eigenvalue weighted by molar-refractivity contribution is -0.115. The van der Waals surface area contributed by atoms with Crippen molar-refractivity contribution in [3.05, 3.63) is 77.7 Å². The Labute approximate surface area is 174 Å². The van der Waals surface area contributed by atoms with Gasteiger partial charge in [0.05, 0.1) is 21.9 Å². The van der Waals surface area contributed by atoms with Crippen molar-refractivity contribution in [2.75, 3.05) is 16.8 Å². The van der Waals surface area contributed by atoms with Gasteiger partial charge in [0, 0.05) is 0 Å². The molecule has 148 valence electrons. The number of thiophene rings is 1. The number of hydrogen-bond donors (Lipinski definition) is 1. The quantitative estimate of drug-likeness (QED) is 0.549. The molecule has 9 heteroatoms. The van der Waals surface area contributed by atoms with Gasteiger partial charge in [0.1, 0.15) is 12.4 Å². The van der Waals surface area contributed by atoms with Crippen LogP contribution in [-0.2, 0) is 4.79 Å². The van der Waals surface area contributed by atoms with Crippen LogP contribution in [0.1, 0.15) is 10.6 Å². The fourth-order valence-corrected chi connectivity index (χ4v) is 3.96. The molecule has 4 aromatic rings. The maximum absolute atomic E-state index is 13.4. The largest absolute Gasteiger partial charge is 0.323 e. The van der Waals surface area contributed by atoms with E-state index in [4.69, 9.17) is 0 Å². The van der Waals surface area contributed by atoms with E-state index in [1.165, 1.54) is 33.1 Å². The molecule has 0 saturated heterocycles. The third-order valence-electron chi connectivity index (χ3n) is 4.63. The van der Waals surface area contributed by atoms with E-state index >= 15 is 0 Å². The average molecular weight is 419 g/mol. The zero-order valence-corrected chi connectivity index (χ0v) is 16.3. The second kappa shape index (κ2) is 7.20. The Morgan fingerprint density at radius 2 is 1.87 bits per heavy atom. The Hall–Kier alpha value is -3.85. The molecule has 1 aliphatic heterocycles. The summed E-state index contributed by atoms with van der Waals surface area (Å²) in [7, 11) is 0.